The van der Waals surface area contributed by atoms with E-state index >= 15 is 0 Å². The highest BCUT2D eigenvalue weighted by Crippen LogP contribution is 2.24. The van der Waals surface area contributed by atoms with Crippen LogP contribution in [-0.2, 0) is 10.0 Å². The van der Waals surface area contributed by atoms with Crippen molar-refractivity contribution in [2.24, 2.45) is 0 Å². The van der Waals surface area contributed by atoms with Crippen molar-refractivity contribution in [3.8, 4) is 0 Å². The average Bonchev–Trinajstić information content (AvgIpc) is 2.54. The molecule has 134 valence electrons. The van der Waals surface area contributed by atoms with Crippen molar-refractivity contribution >= 4 is 44.8 Å². The third-order valence-corrected chi connectivity index (χ3v) is 5.54. The molecule has 0 fully saturated rings. The van der Waals surface area contributed by atoms with Gasteiger partial charge in [-0.15, -0.1) is 0 Å². The van der Waals surface area contributed by atoms with Crippen LogP contribution in [0.1, 0.15) is 30.6 Å². The molecule has 5 nitrogen and oxygen atoms in total. The van der Waals surface area contributed by atoms with E-state index in [1.54, 1.807) is 0 Å². The number of benzene rings is 2. The van der Waals surface area contributed by atoms with Crippen LogP contribution in [0, 0.1) is 0 Å². The van der Waals surface area contributed by atoms with Crippen LogP contribution in [0.15, 0.2) is 47.4 Å². The van der Waals surface area contributed by atoms with Gasteiger partial charge in [-0.1, -0.05) is 30.1 Å². The molecule has 0 unspecified atom stereocenters. The van der Waals surface area contributed by atoms with Crippen LogP contribution in [0.25, 0.3) is 0 Å². The van der Waals surface area contributed by atoms with Crippen LogP contribution in [0.5, 0.6) is 0 Å². The molecule has 0 bridgehead atoms. The van der Waals surface area contributed by atoms with Crippen LogP contribution in [-0.4, -0.2) is 20.4 Å². The first-order chi connectivity index (χ1) is 11.7. The number of hydrogen-bond acceptors (Lipinski definition) is 3. The van der Waals surface area contributed by atoms with Gasteiger partial charge in [0, 0.05) is 11.1 Å². The Kier molecular flexibility index (Phi) is 6.32. The summed E-state index contributed by atoms with van der Waals surface area (Å²) in [4.78, 5) is 12.2. The van der Waals surface area contributed by atoms with E-state index in [2.05, 4.69) is 10.0 Å². The van der Waals surface area contributed by atoms with Gasteiger partial charge in [0.25, 0.3) is 15.9 Å². The number of carbonyl (C=O) groups is 1. The minimum atomic E-state index is -3.77. The van der Waals surface area contributed by atoms with Gasteiger partial charge >= 0.3 is 0 Å². The van der Waals surface area contributed by atoms with E-state index in [0.29, 0.717) is 5.02 Å². The molecular formula is C17H18Cl2N2O3S. The predicted octanol–water partition coefficient (Wildman–Crippen LogP) is 4.32. The van der Waals surface area contributed by atoms with E-state index in [1.165, 1.54) is 42.5 Å². The van der Waals surface area contributed by atoms with Gasteiger partial charge in [-0.05, 0) is 55.8 Å². The minimum absolute atomic E-state index is 0.0200. The van der Waals surface area contributed by atoms with E-state index in [4.69, 9.17) is 23.2 Å². The molecule has 0 spiro atoms. The lowest BCUT2D eigenvalue weighted by atomic mass is 10.1. The average molecular weight is 401 g/mol. The summed E-state index contributed by atoms with van der Waals surface area (Å²) in [6, 6.07) is 10.2. The van der Waals surface area contributed by atoms with E-state index < -0.39 is 10.0 Å². The molecule has 1 atom stereocenters. The lowest BCUT2D eigenvalue weighted by molar-refractivity contribution is 0.0939. The van der Waals surface area contributed by atoms with Crippen LogP contribution >= 0.6 is 23.2 Å². The minimum Gasteiger partial charge on any atom is -0.350 e. The van der Waals surface area contributed by atoms with Crippen molar-refractivity contribution in [3.63, 3.8) is 0 Å². The molecular weight excluding hydrogens is 383 g/mol. The number of rotatable bonds is 6. The van der Waals surface area contributed by atoms with E-state index in [-0.39, 0.29) is 33.1 Å². The van der Waals surface area contributed by atoms with E-state index in [1.807, 2.05) is 13.8 Å². The molecule has 0 saturated heterocycles. The van der Waals surface area contributed by atoms with Crippen molar-refractivity contribution in [1.29, 1.82) is 0 Å². The van der Waals surface area contributed by atoms with Gasteiger partial charge in [0.2, 0.25) is 0 Å². The Bertz CT molecular complexity index is 868. The fourth-order valence-corrected chi connectivity index (χ4v) is 3.44. The second kappa shape index (κ2) is 8.08. The highest BCUT2D eigenvalue weighted by Gasteiger charge is 2.17. The first-order valence-corrected chi connectivity index (χ1v) is 9.85. The third-order valence-electron chi connectivity index (χ3n) is 3.58. The van der Waals surface area contributed by atoms with Crippen LogP contribution in [0.2, 0.25) is 10.0 Å². The summed E-state index contributed by atoms with van der Waals surface area (Å²) in [5, 5.41) is 3.42. The molecule has 2 N–H and O–H groups in total. The number of nitrogens with one attached hydrogen (secondary N) is 2. The molecule has 0 radical (unpaired) electrons. The fraction of sp³-hybridized carbons (Fsp3) is 0.235. The number of hydrogen-bond donors (Lipinski definition) is 2. The van der Waals surface area contributed by atoms with Gasteiger partial charge in [-0.2, -0.15) is 0 Å². The third kappa shape index (κ3) is 5.11. The summed E-state index contributed by atoms with van der Waals surface area (Å²) in [5.74, 6) is -0.300. The Morgan fingerprint density at radius 2 is 1.76 bits per heavy atom. The second-order valence-corrected chi connectivity index (χ2v) is 8.06. The highest BCUT2D eigenvalue weighted by atomic mass is 35.5. The number of halogens is 2. The topological polar surface area (TPSA) is 75.3 Å². The maximum atomic E-state index is 12.4. The SMILES string of the molecule is CC[C@H](C)NC(=O)c1ccc(NS(=O)(=O)c2ccc(Cl)cc2)cc1Cl. The maximum Gasteiger partial charge on any atom is 0.261 e. The maximum absolute atomic E-state index is 12.4. The lowest BCUT2D eigenvalue weighted by Gasteiger charge is -2.13. The first kappa shape index (κ1) is 19.6. The standard InChI is InChI=1S/C17H18Cl2N2O3S/c1-3-11(2)20-17(22)15-9-6-13(10-16(15)19)21-25(23,24)14-7-4-12(18)5-8-14/h4-11,21H,3H2,1-2H3,(H,20,22)/t11-/m0/s1. The van der Waals surface area contributed by atoms with E-state index in [0.717, 1.165) is 6.42 Å². The summed E-state index contributed by atoms with van der Waals surface area (Å²) in [6.45, 7) is 3.85. The molecule has 0 aliphatic heterocycles. The smallest absolute Gasteiger partial charge is 0.261 e. The van der Waals surface area contributed by atoms with Crippen molar-refractivity contribution in [2.75, 3.05) is 4.72 Å². The van der Waals surface area contributed by atoms with Gasteiger partial charge in [0.1, 0.15) is 0 Å². The summed E-state index contributed by atoms with van der Waals surface area (Å²) in [7, 11) is -3.77. The zero-order chi connectivity index (χ0) is 18.6. The molecule has 2 aromatic rings. The number of amides is 1. The second-order valence-electron chi connectivity index (χ2n) is 5.54. The molecule has 2 rings (SSSR count). The fourth-order valence-electron chi connectivity index (χ4n) is 1.99. The van der Waals surface area contributed by atoms with Crippen molar-refractivity contribution < 1.29 is 13.2 Å². The van der Waals surface area contributed by atoms with Gasteiger partial charge < -0.3 is 5.32 Å². The summed E-state index contributed by atoms with van der Waals surface area (Å²) >= 11 is 11.9. The monoisotopic (exact) mass is 400 g/mol. The van der Waals surface area contributed by atoms with Crippen molar-refractivity contribution in [3.05, 3.63) is 58.1 Å². The largest absolute Gasteiger partial charge is 0.350 e. The molecule has 0 aliphatic carbocycles. The number of anilines is 1. The predicted molar refractivity (Wildman–Crippen MR) is 101 cm³/mol. The van der Waals surface area contributed by atoms with Gasteiger partial charge in [-0.3, -0.25) is 9.52 Å². The summed E-state index contributed by atoms with van der Waals surface area (Å²) < 4.78 is 27.1. The Labute approximate surface area is 157 Å². The molecule has 0 saturated carbocycles. The Morgan fingerprint density at radius 3 is 2.32 bits per heavy atom. The van der Waals surface area contributed by atoms with Gasteiger partial charge in [-0.25, -0.2) is 8.42 Å². The molecule has 0 aromatic heterocycles. The molecule has 0 heterocycles. The molecule has 2 aromatic carbocycles. The molecule has 25 heavy (non-hydrogen) atoms. The number of carbonyl (C=O) groups excluding carboxylic acids is 1. The molecule has 1 amide bonds. The first-order valence-electron chi connectivity index (χ1n) is 7.61. The zero-order valence-electron chi connectivity index (χ0n) is 13.7. The Hall–Kier alpha value is -1.76. The molecule has 0 aliphatic rings. The zero-order valence-corrected chi connectivity index (χ0v) is 16.0. The van der Waals surface area contributed by atoms with Crippen molar-refractivity contribution in [1.82, 2.24) is 5.32 Å². The van der Waals surface area contributed by atoms with Gasteiger partial charge in [0.05, 0.1) is 21.2 Å². The van der Waals surface area contributed by atoms with E-state index in [9.17, 15) is 13.2 Å². The van der Waals surface area contributed by atoms with Crippen LogP contribution in [0.4, 0.5) is 5.69 Å². The van der Waals surface area contributed by atoms with Crippen LogP contribution in [0.3, 0.4) is 0 Å². The van der Waals surface area contributed by atoms with Gasteiger partial charge in [0.15, 0.2) is 0 Å². The summed E-state index contributed by atoms with van der Waals surface area (Å²) in [6.07, 6.45) is 0.794. The highest BCUT2D eigenvalue weighted by molar-refractivity contribution is 7.92. The Balaban J connectivity index is 2.20. The lowest BCUT2D eigenvalue weighted by Crippen LogP contribution is -2.32. The van der Waals surface area contributed by atoms with Crippen molar-refractivity contribution in [2.45, 2.75) is 31.2 Å². The van der Waals surface area contributed by atoms with Crippen LogP contribution < -0.4 is 10.0 Å². The summed E-state index contributed by atoms with van der Waals surface area (Å²) in [5.41, 5.74) is 0.552. The quantitative estimate of drug-likeness (QED) is 0.757. The number of sulfonamides is 1. The molecule has 8 heteroatoms. The normalized spacial score (nSPS) is 12.5. The Morgan fingerprint density at radius 1 is 1.12 bits per heavy atom.